The molecule has 4 heteroatoms. The van der Waals surface area contributed by atoms with Crippen LogP contribution in [-0.2, 0) is 4.74 Å². The molecule has 17 heavy (non-hydrogen) atoms. The number of pyridine rings is 1. The number of esters is 1. The number of carbonyl (C=O) groups excluding carboxylic acids is 2. The van der Waals surface area contributed by atoms with Crippen molar-refractivity contribution in [2.75, 3.05) is 7.11 Å². The first-order chi connectivity index (χ1) is 8.11. The SMILES string of the molecule is COC(=O)c1ccc2cc(C(C)=O)ccc2n1. The van der Waals surface area contributed by atoms with Crippen molar-refractivity contribution in [3.05, 3.63) is 41.6 Å². The molecule has 0 radical (unpaired) electrons. The van der Waals surface area contributed by atoms with E-state index in [2.05, 4.69) is 9.72 Å². The minimum atomic E-state index is -0.470. The van der Waals surface area contributed by atoms with Crippen LogP contribution >= 0.6 is 0 Å². The maximum atomic E-state index is 11.3. The number of aromatic nitrogens is 1. The van der Waals surface area contributed by atoms with Gasteiger partial charge in [-0.05, 0) is 31.2 Å². The Morgan fingerprint density at radius 3 is 2.59 bits per heavy atom. The molecule has 0 aliphatic carbocycles. The Bertz CT molecular complexity index is 605. The zero-order valence-electron chi connectivity index (χ0n) is 9.56. The molecule has 0 saturated heterocycles. The van der Waals surface area contributed by atoms with Crippen LogP contribution in [0.5, 0.6) is 0 Å². The van der Waals surface area contributed by atoms with Crippen molar-refractivity contribution in [1.29, 1.82) is 0 Å². The van der Waals surface area contributed by atoms with Gasteiger partial charge in [-0.15, -0.1) is 0 Å². The summed E-state index contributed by atoms with van der Waals surface area (Å²) in [6.45, 7) is 1.51. The molecule has 1 aromatic carbocycles. The van der Waals surface area contributed by atoms with Gasteiger partial charge in [-0.3, -0.25) is 4.79 Å². The van der Waals surface area contributed by atoms with Gasteiger partial charge in [0.2, 0.25) is 0 Å². The molecule has 0 N–H and O–H groups in total. The standard InChI is InChI=1S/C13H11NO3/c1-8(15)9-3-5-11-10(7-9)4-6-12(14-11)13(16)17-2/h3-7H,1-2H3. The van der Waals surface area contributed by atoms with Gasteiger partial charge >= 0.3 is 5.97 Å². The number of ketones is 1. The van der Waals surface area contributed by atoms with E-state index in [9.17, 15) is 9.59 Å². The third-order valence-corrected chi connectivity index (χ3v) is 2.49. The van der Waals surface area contributed by atoms with Crippen molar-refractivity contribution in [3.8, 4) is 0 Å². The van der Waals surface area contributed by atoms with E-state index in [1.165, 1.54) is 14.0 Å². The largest absolute Gasteiger partial charge is 0.464 e. The van der Waals surface area contributed by atoms with E-state index in [-0.39, 0.29) is 11.5 Å². The molecule has 0 aliphatic rings. The second-order valence-electron chi connectivity index (χ2n) is 3.65. The molecule has 1 aromatic heterocycles. The second kappa shape index (κ2) is 4.33. The number of benzene rings is 1. The number of rotatable bonds is 2. The molecule has 0 saturated carbocycles. The lowest BCUT2D eigenvalue weighted by Crippen LogP contribution is -2.04. The third kappa shape index (κ3) is 2.15. The minimum Gasteiger partial charge on any atom is -0.464 e. The number of nitrogens with zero attached hydrogens (tertiary/aromatic N) is 1. The van der Waals surface area contributed by atoms with Crippen molar-refractivity contribution in [2.24, 2.45) is 0 Å². The van der Waals surface area contributed by atoms with E-state index in [4.69, 9.17) is 0 Å². The molecule has 4 nitrogen and oxygen atoms in total. The van der Waals surface area contributed by atoms with Gasteiger partial charge in [-0.2, -0.15) is 0 Å². The Hall–Kier alpha value is -2.23. The first kappa shape index (κ1) is 11.3. The highest BCUT2D eigenvalue weighted by Gasteiger charge is 2.08. The maximum Gasteiger partial charge on any atom is 0.356 e. The van der Waals surface area contributed by atoms with Crippen LogP contribution < -0.4 is 0 Å². The highest BCUT2D eigenvalue weighted by Crippen LogP contribution is 2.15. The van der Waals surface area contributed by atoms with E-state index < -0.39 is 5.97 Å². The van der Waals surface area contributed by atoms with Crippen molar-refractivity contribution in [3.63, 3.8) is 0 Å². The predicted octanol–water partition coefficient (Wildman–Crippen LogP) is 2.22. The van der Waals surface area contributed by atoms with Gasteiger partial charge in [-0.25, -0.2) is 9.78 Å². The Balaban J connectivity index is 2.54. The van der Waals surface area contributed by atoms with Crippen molar-refractivity contribution in [1.82, 2.24) is 4.98 Å². The molecule has 0 amide bonds. The fourth-order valence-corrected chi connectivity index (χ4v) is 1.56. The van der Waals surface area contributed by atoms with Gasteiger partial charge in [0.15, 0.2) is 5.78 Å². The second-order valence-corrected chi connectivity index (χ2v) is 3.65. The summed E-state index contributed by atoms with van der Waals surface area (Å²) >= 11 is 0. The number of fused-ring (bicyclic) bond motifs is 1. The lowest BCUT2D eigenvalue weighted by atomic mass is 10.1. The predicted molar refractivity (Wildman–Crippen MR) is 63.1 cm³/mol. The maximum absolute atomic E-state index is 11.3. The summed E-state index contributed by atoms with van der Waals surface area (Å²) in [6, 6.07) is 8.50. The quantitative estimate of drug-likeness (QED) is 0.585. The van der Waals surface area contributed by atoms with Crippen molar-refractivity contribution in [2.45, 2.75) is 6.92 Å². The average Bonchev–Trinajstić information content (AvgIpc) is 2.36. The van der Waals surface area contributed by atoms with Crippen molar-refractivity contribution >= 4 is 22.7 Å². The highest BCUT2D eigenvalue weighted by atomic mass is 16.5. The highest BCUT2D eigenvalue weighted by molar-refractivity contribution is 5.98. The first-order valence-corrected chi connectivity index (χ1v) is 5.12. The normalized spacial score (nSPS) is 10.2. The zero-order chi connectivity index (χ0) is 12.4. The van der Waals surface area contributed by atoms with E-state index in [1.807, 2.05) is 0 Å². The molecule has 0 unspecified atom stereocenters. The number of hydrogen-bond acceptors (Lipinski definition) is 4. The van der Waals surface area contributed by atoms with E-state index in [0.29, 0.717) is 11.1 Å². The van der Waals surface area contributed by atoms with Gasteiger partial charge in [0, 0.05) is 10.9 Å². The molecule has 0 atom stereocenters. The smallest absolute Gasteiger partial charge is 0.356 e. The number of hydrogen-bond donors (Lipinski definition) is 0. The monoisotopic (exact) mass is 229 g/mol. The molecule has 2 rings (SSSR count). The summed E-state index contributed by atoms with van der Waals surface area (Å²) in [6.07, 6.45) is 0. The topological polar surface area (TPSA) is 56.3 Å². The molecule has 0 fully saturated rings. The number of carbonyl (C=O) groups is 2. The summed E-state index contributed by atoms with van der Waals surface area (Å²) in [5, 5.41) is 0.824. The Morgan fingerprint density at radius 2 is 1.94 bits per heavy atom. The summed E-state index contributed by atoms with van der Waals surface area (Å²) in [5.74, 6) is -0.466. The Kier molecular flexibility index (Phi) is 2.87. The van der Waals surface area contributed by atoms with Crippen LogP contribution in [0, 0.1) is 0 Å². The van der Waals surface area contributed by atoms with E-state index in [1.54, 1.807) is 30.3 Å². The molecule has 1 heterocycles. The van der Waals surface area contributed by atoms with Gasteiger partial charge in [0.1, 0.15) is 5.69 Å². The van der Waals surface area contributed by atoms with Crippen molar-refractivity contribution < 1.29 is 14.3 Å². The lowest BCUT2D eigenvalue weighted by molar-refractivity contribution is 0.0594. The van der Waals surface area contributed by atoms with Crippen LogP contribution in [0.1, 0.15) is 27.8 Å². The Morgan fingerprint density at radius 1 is 1.18 bits per heavy atom. The van der Waals surface area contributed by atoms with Crippen LogP contribution in [0.25, 0.3) is 10.9 Å². The van der Waals surface area contributed by atoms with Gasteiger partial charge in [0.05, 0.1) is 12.6 Å². The molecule has 2 aromatic rings. The van der Waals surface area contributed by atoms with E-state index >= 15 is 0 Å². The molecule has 0 aliphatic heterocycles. The van der Waals surface area contributed by atoms with Crippen LogP contribution in [0.4, 0.5) is 0 Å². The molecular formula is C13H11NO3. The van der Waals surface area contributed by atoms with Crippen LogP contribution in [0.2, 0.25) is 0 Å². The average molecular weight is 229 g/mol. The molecular weight excluding hydrogens is 218 g/mol. The fourth-order valence-electron chi connectivity index (χ4n) is 1.56. The number of Topliss-reactive ketones (excluding diaryl/α,β-unsaturated/α-hetero) is 1. The summed E-state index contributed by atoms with van der Waals surface area (Å²) in [5.41, 5.74) is 1.55. The number of ether oxygens (including phenoxy) is 1. The zero-order valence-corrected chi connectivity index (χ0v) is 9.56. The number of methoxy groups -OCH3 is 1. The third-order valence-electron chi connectivity index (χ3n) is 2.49. The minimum absolute atomic E-state index is 0.00365. The first-order valence-electron chi connectivity index (χ1n) is 5.12. The van der Waals surface area contributed by atoms with Gasteiger partial charge in [-0.1, -0.05) is 6.07 Å². The van der Waals surface area contributed by atoms with Crippen LogP contribution in [-0.4, -0.2) is 23.8 Å². The summed E-state index contributed by atoms with van der Waals surface area (Å²) in [7, 11) is 1.31. The van der Waals surface area contributed by atoms with Gasteiger partial charge < -0.3 is 4.74 Å². The van der Waals surface area contributed by atoms with Gasteiger partial charge in [0.25, 0.3) is 0 Å². The molecule has 0 bridgehead atoms. The lowest BCUT2D eigenvalue weighted by Gasteiger charge is -2.02. The molecule has 0 spiro atoms. The summed E-state index contributed by atoms with van der Waals surface area (Å²) < 4.78 is 4.59. The fraction of sp³-hybridized carbons (Fsp3) is 0.154. The van der Waals surface area contributed by atoms with Crippen LogP contribution in [0.15, 0.2) is 30.3 Å². The van der Waals surface area contributed by atoms with Crippen LogP contribution in [0.3, 0.4) is 0 Å². The Labute approximate surface area is 98.2 Å². The molecule has 86 valence electrons. The summed E-state index contributed by atoms with van der Waals surface area (Å²) in [4.78, 5) is 26.7. The van der Waals surface area contributed by atoms with E-state index in [0.717, 1.165) is 5.39 Å².